The van der Waals surface area contributed by atoms with Crippen molar-refractivity contribution in [2.45, 2.75) is 93.5 Å². The largest absolute Gasteiger partial charge is 0.0776 e. The van der Waals surface area contributed by atoms with E-state index < -0.39 is 0 Å². The standard InChI is InChI=1S/C24H24.7CH4/c1-13-7-19-20(8-14(13)2)22-10-16(4)18(6)12-24(22)23-11-17(5)15(3)9-21(19)23;;;;;;;/h7-12H,1-6H3;7*1H4. The first kappa shape index (κ1) is 36.1. The quantitative estimate of drug-likeness (QED) is 0.246. The van der Waals surface area contributed by atoms with Gasteiger partial charge in [0.15, 0.2) is 0 Å². The molecule has 0 aliphatic carbocycles. The molecule has 0 radical (unpaired) electrons. The smallest absolute Gasteiger partial charge is 0.00960 e. The molecule has 0 aliphatic heterocycles. The fraction of sp³-hybridized carbons (Fsp3) is 0.419. The van der Waals surface area contributed by atoms with E-state index in [1.54, 1.807) is 0 Å². The Labute approximate surface area is 195 Å². The molecule has 0 atom stereocenters. The minimum Gasteiger partial charge on any atom is -0.0776 e. The molecule has 0 amide bonds. The summed E-state index contributed by atoms with van der Waals surface area (Å²) >= 11 is 0. The van der Waals surface area contributed by atoms with Gasteiger partial charge >= 0.3 is 0 Å². The Bertz CT molecular complexity index is 877. The lowest BCUT2D eigenvalue weighted by atomic mass is 9.88. The lowest BCUT2D eigenvalue weighted by molar-refractivity contribution is 1.35. The van der Waals surface area contributed by atoms with Gasteiger partial charge in [0.2, 0.25) is 0 Å². The second-order valence-electron chi connectivity index (χ2n) is 7.45. The first-order chi connectivity index (χ1) is 11.4. The monoisotopic (exact) mass is 424 g/mol. The zero-order chi connectivity index (χ0) is 17.2. The molecule has 0 aromatic heterocycles. The lowest BCUT2D eigenvalue weighted by Gasteiger charge is -2.16. The average Bonchev–Trinajstić information content (AvgIpc) is 2.53. The molecule has 0 unspecified atom stereocenters. The summed E-state index contributed by atoms with van der Waals surface area (Å²) in [6.07, 6.45) is 0. The van der Waals surface area contributed by atoms with E-state index in [2.05, 4.69) is 77.9 Å². The van der Waals surface area contributed by atoms with Gasteiger partial charge < -0.3 is 0 Å². The van der Waals surface area contributed by atoms with Gasteiger partial charge in [-0.25, -0.2) is 0 Å². The van der Waals surface area contributed by atoms with Crippen molar-refractivity contribution in [3.8, 4) is 0 Å². The minimum atomic E-state index is 0. The van der Waals surface area contributed by atoms with Crippen molar-refractivity contribution in [2.24, 2.45) is 0 Å². The molecule has 176 valence electrons. The van der Waals surface area contributed by atoms with Gasteiger partial charge in [0.25, 0.3) is 0 Å². The van der Waals surface area contributed by atoms with Crippen molar-refractivity contribution in [1.29, 1.82) is 0 Å². The van der Waals surface area contributed by atoms with Crippen molar-refractivity contribution in [2.75, 3.05) is 0 Å². The zero-order valence-electron chi connectivity index (χ0n) is 15.5. The topological polar surface area (TPSA) is 0 Å². The molecule has 0 heteroatoms. The van der Waals surface area contributed by atoms with Gasteiger partial charge in [0.05, 0.1) is 0 Å². The molecule has 0 spiro atoms. The second kappa shape index (κ2) is 12.5. The van der Waals surface area contributed by atoms with Crippen LogP contribution >= 0.6 is 0 Å². The molecule has 31 heavy (non-hydrogen) atoms. The van der Waals surface area contributed by atoms with E-state index in [0.717, 1.165) is 0 Å². The summed E-state index contributed by atoms with van der Waals surface area (Å²) in [6.45, 7) is 13.3. The van der Waals surface area contributed by atoms with Gasteiger partial charge in [-0.05, 0) is 107 Å². The molecule has 0 nitrogen and oxygen atoms in total. The Morgan fingerprint density at radius 3 is 0.452 bits per heavy atom. The molecule has 4 rings (SSSR count). The van der Waals surface area contributed by atoms with Gasteiger partial charge in [-0.15, -0.1) is 0 Å². The van der Waals surface area contributed by atoms with Crippen LogP contribution in [-0.4, -0.2) is 0 Å². The first-order valence-electron chi connectivity index (χ1n) is 8.71. The van der Waals surface area contributed by atoms with Gasteiger partial charge in [-0.3, -0.25) is 0 Å². The van der Waals surface area contributed by atoms with Crippen LogP contribution in [-0.2, 0) is 0 Å². The van der Waals surface area contributed by atoms with E-state index in [1.807, 2.05) is 0 Å². The third-order valence-corrected chi connectivity index (χ3v) is 5.77. The summed E-state index contributed by atoms with van der Waals surface area (Å²) in [4.78, 5) is 0. The van der Waals surface area contributed by atoms with Crippen molar-refractivity contribution in [1.82, 2.24) is 0 Å². The van der Waals surface area contributed by atoms with Crippen LogP contribution in [0.25, 0.3) is 32.3 Å². The predicted molar refractivity (Wildman–Crippen MR) is 154 cm³/mol. The van der Waals surface area contributed by atoms with E-state index in [9.17, 15) is 0 Å². The maximum atomic E-state index is 2.37. The molecule has 4 aromatic carbocycles. The molecule has 0 bridgehead atoms. The van der Waals surface area contributed by atoms with Crippen LogP contribution in [0, 0.1) is 41.5 Å². The van der Waals surface area contributed by atoms with Crippen molar-refractivity contribution < 1.29 is 0 Å². The lowest BCUT2D eigenvalue weighted by Crippen LogP contribution is -1.91. The number of fused-ring (bicyclic) bond motifs is 6. The van der Waals surface area contributed by atoms with Crippen LogP contribution in [0.2, 0.25) is 0 Å². The molecule has 0 saturated heterocycles. The van der Waals surface area contributed by atoms with Crippen LogP contribution in [0.3, 0.4) is 0 Å². The highest BCUT2D eigenvalue weighted by Crippen LogP contribution is 2.38. The highest BCUT2D eigenvalue weighted by atomic mass is 14.2. The van der Waals surface area contributed by atoms with E-state index in [-0.39, 0.29) is 52.0 Å². The highest BCUT2D eigenvalue weighted by molar-refractivity contribution is 6.26. The normalized spacial score (nSPS) is 9.10. The Morgan fingerprint density at radius 1 is 0.258 bits per heavy atom. The van der Waals surface area contributed by atoms with Crippen LogP contribution in [0.15, 0.2) is 36.4 Å². The molecule has 4 aromatic rings. The Morgan fingerprint density at radius 2 is 0.355 bits per heavy atom. The molecule has 0 aliphatic rings. The Hall–Kier alpha value is -2.34. The summed E-state index contributed by atoms with van der Waals surface area (Å²) in [5.74, 6) is 0. The molecule has 0 saturated carbocycles. The third-order valence-electron chi connectivity index (χ3n) is 5.77. The molecule has 0 fully saturated rings. The van der Waals surface area contributed by atoms with Crippen LogP contribution < -0.4 is 0 Å². The van der Waals surface area contributed by atoms with E-state index >= 15 is 0 Å². The summed E-state index contributed by atoms with van der Waals surface area (Å²) in [5, 5.41) is 8.29. The first-order valence-corrected chi connectivity index (χ1v) is 8.71. The number of hydrogen-bond acceptors (Lipinski definition) is 0. The number of benzene rings is 4. The zero-order valence-corrected chi connectivity index (χ0v) is 15.5. The number of rotatable bonds is 0. The maximum absolute atomic E-state index is 2.37. The summed E-state index contributed by atoms with van der Waals surface area (Å²) < 4.78 is 0. The van der Waals surface area contributed by atoms with Crippen LogP contribution in [0.4, 0.5) is 0 Å². The van der Waals surface area contributed by atoms with Crippen LogP contribution in [0.1, 0.15) is 85.4 Å². The SMILES string of the molecule is C.C.C.C.C.C.C.Cc1cc2c3cc(C)c(C)cc3c3cc(C)c(C)cc3c2cc1C. The Balaban J connectivity index is -0.000000521. The molecular weight excluding hydrogens is 372 g/mol. The predicted octanol–water partition coefficient (Wildman–Crippen LogP) is 11.4. The minimum absolute atomic E-state index is 0. The molecule has 0 heterocycles. The third kappa shape index (κ3) is 5.48. The van der Waals surface area contributed by atoms with Gasteiger partial charge in [-0.1, -0.05) is 88.4 Å². The summed E-state index contributed by atoms with van der Waals surface area (Å²) in [5.41, 5.74) is 8.20. The number of hydrogen-bond donors (Lipinski definition) is 0. The maximum Gasteiger partial charge on any atom is -0.00960 e. The van der Waals surface area contributed by atoms with E-state index in [4.69, 9.17) is 0 Å². The second-order valence-corrected chi connectivity index (χ2v) is 7.45. The van der Waals surface area contributed by atoms with E-state index in [0.29, 0.717) is 0 Å². The summed E-state index contributed by atoms with van der Waals surface area (Å²) in [7, 11) is 0. The summed E-state index contributed by atoms with van der Waals surface area (Å²) in [6, 6.07) is 14.2. The number of aryl methyl sites for hydroxylation is 6. The average molecular weight is 425 g/mol. The fourth-order valence-electron chi connectivity index (χ4n) is 3.79. The molecule has 0 N–H and O–H groups in total. The van der Waals surface area contributed by atoms with Gasteiger partial charge in [0.1, 0.15) is 0 Å². The van der Waals surface area contributed by atoms with Crippen molar-refractivity contribution in [3.05, 3.63) is 69.8 Å². The Kier molecular flexibility index (Phi) is 14.5. The highest BCUT2D eigenvalue weighted by Gasteiger charge is 2.12. The van der Waals surface area contributed by atoms with Crippen molar-refractivity contribution in [3.63, 3.8) is 0 Å². The van der Waals surface area contributed by atoms with Gasteiger partial charge in [-0.2, -0.15) is 0 Å². The van der Waals surface area contributed by atoms with Gasteiger partial charge in [0, 0.05) is 0 Å². The van der Waals surface area contributed by atoms with Crippen LogP contribution in [0.5, 0.6) is 0 Å². The van der Waals surface area contributed by atoms with Crippen molar-refractivity contribution >= 4 is 32.3 Å². The fourth-order valence-corrected chi connectivity index (χ4v) is 3.79. The molecular formula is C31H52. The van der Waals surface area contributed by atoms with E-state index in [1.165, 1.54) is 65.7 Å².